The van der Waals surface area contributed by atoms with Crippen LogP contribution in [0, 0.1) is 5.41 Å². The molecule has 0 radical (unpaired) electrons. The largest absolute Gasteiger partial charge is 0.465 e. The molecule has 0 saturated carbocycles. The van der Waals surface area contributed by atoms with Crippen LogP contribution in [0.25, 0.3) is 0 Å². The van der Waals surface area contributed by atoms with Gasteiger partial charge in [-0.2, -0.15) is 0 Å². The highest BCUT2D eigenvalue weighted by Gasteiger charge is 2.56. The van der Waals surface area contributed by atoms with Gasteiger partial charge in [-0.05, 0) is 27.2 Å². The van der Waals surface area contributed by atoms with Gasteiger partial charge in [-0.15, -0.1) is 0 Å². The van der Waals surface area contributed by atoms with Crippen molar-refractivity contribution in [1.29, 1.82) is 0 Å². The zero-order valence-corrected chi connectivity index (χ0v) is 9.54. The van der Waals surface area contributed by atoms with Crippen molar-refractivity contribution in [3.8, 4) is 0 Å². The summed E-state index contributed by atoms with van der Waals surface area (Å²) < 4.78 is 16.4. The fourth-order valence-electron chi connectivity index (χ4n) is 2.25. The Morgan fingerprint density at radius 1 is 1.53 bits per heavy atom. The second-order valence-electron chi connectivity index (χ2n) is 4.71. The predicted octanol–water partition coefficient (Wildman–Crippen LogP) is 1.48. The van der Waals surface area contributed by atoms with Gasteiger partial charge in [-0.1, -0.05) is 0 Å². The molecule has 2 heterocycles. The van der Waals surface area contributed by atoms with E-state index in [2.05, 4.69) is 0 Å². The molecule has 4 heteroatoms. The van der Waals surface area contributed by atoms with Crippen LogP contribution < -0.4 is 0 Å². The average molecular weight is 214 g/mol. The second-order valence-corrected chi connectivity index (χ2v) is 4.71. The number of hydrogen-bond donors (Lipinski definition) is 0. The van der Waals surface area contributed by atoms with Gasteiger partial charge in [0.25, 0.3) is 0 Å². The minimum atomic E-state index is -0.633. The summed E-state index contributed by atoms with van der Waals surface area (Å²) in [6.07, 6.45) is 1.66. The molecule has 15 heavy (non-hydrogen) atoms. The lowest BCUT2D eigenvalue weighted by atomic mass is 9.84. The molecule has 0 aromatic rings. The van der Waals surface area contributed by atoms with Gasteiger partial charge in [0, 0.05) is 6.42 Å². The Balaban J connectivity index is 2.13. The van der Waals surface area contributed by atoms with Crippen molar-refractivity contribution < 1.29 is 19.0 Å². The topological polar surface area (TPSA) is 44.8 Å². The van der Waals surface area contributed by atoms with E-state index in [1.165, 1.54) is 0 Å². The molecule has 0 aromatic carbocycles. The van der Waals surface area contributed by atoms with Crippen LogP contribution in [0.3, 0.4) is 0 Å². The van der Waals surface area contributed by atoms with Crippen LogP contribution in [0.1, 0.15) is 33.6 Å². The molecule has 0 N–H and O–H groups in total. The Morgan fingerprint density at radius 2 is 2.27 bits per heavy atom. The number of carbonyl (C=O) groups excluding carboxylic acids is 1. The second kappa shape index (κ2) is 3.46. The smallest absolute Gasteiger partial charge is 0.316 e. The lowest BCUT2D eigenvalue weighted by Gasteiger charge is -2.40. The predicted molar refractivity (Wildman–Crippen MR) is 53.2 cm³/mol. The van der Waals surface area contributed by atoms with Gasteiger partial charge in [0.1, 0.15) is 5.41 Å². The average Bonchev–Trinajstić information content (AvgIpc) is 2.54. The van der Waals surface area contributed by atoms with Gasteiger partial charge in [-0.3, -0.25) is 4.79 Å². The van der Waals surface area contributed by atoms with Gasteiger partial charge < -0.3 is 14.2 Å². The maximum absolute atomic E-state index is 11.8. The Kier molecular flexibility index (Phi) is 2.51. The van der Waals surface area contributed by atoms with Crippen molar-refractivity contribution in [1.82, 2.24) is 0 Å². The number of ether oxygens (including phenoxy) is 3. The fraction of sp³-hybridized carbons (Fsp3) is 0.909. The van der Waals surface area contributed by atoms with Crippen LogP contribution in [0.5, 0.6) is 0 Å². The van der Waals surface area contributed by atoms with Crippen molar-refractivity contribution >= 4 is 5.97 Å². The van der Waals surface area contributed by atoms with Crippen molar-refractivity contribution in [2.24, 2.45) is 5.41 Å². The zero-order valence-electron chi connectivity index (χ0n) is 9.54. The zero-order chi connectivity index (χ0) is 11.1. The summed E-state index contributed by atoms with van der Waals surface area (Å²) >= 11 is 0. The molecule has 0 aromatic heterocycles. The lowest BCUT2D eigenvalue weighted by molar-refractivity contribution is -0.287. The first-order valence-corrected chi connectivity index (χ1v) is 5.49. The third-order valence-corrected chi connectivity index (χ3v) is 3.38. The van der Waals surface area contributed by atoms with Crippen LogP contribution in [0.2, 0.25) is 0 Å². The number of hydrogen-bond acceptors (Lipinski definition) is 4. The van der Waals surface area contributed by atoms with E-state index in [9.17, 15) is 4.79 Å². The first-order chi connectivity index (χ1) is 7.00. The first kappa shape index (κ1) is 10.9. The molecule has 2 fully saturated rings. The van der Waals surface area contributed by atoms with Gasteiger partial charge in [-0.25, -0.2) is 0 Å². The molecule has 86 valence electrons. The summed E-state index contributed by atoms with van der Waals surface area (Å²) in [6, 6.07) is 0. The van der Waals surface area contributed by atoms with Crippen molar-refractivity contribution in [2.75, 3.05) is 13.2 Å². The van der Waals surface area contributed by atoms with E-state index >= 15 is 0 Å². The Labute approximate surface area is 89.9 Å². The normalized spacial score (nSPS) is 44.1. The number of rotatable bonds is 2. The van der Waals surface area contributed by atoms with Gasteiger partial charge in [0.2, 0.25) is 0 Å². The van der Waals surface area contributed by atoms with Crippen LogP contribution in [0.4, 0.5) is 0 Å². The van der Waals surface area contributed by atoms with E-state index in [0.29, 0.717) is 13.2 Å². The Hall–Kier alpha value is -0.610. The number of carbonyl (C=O) groups is 1. The third-order valence-electron chi connectivity index (χ3n) is 3.38. The Bertz CT molecular complexity index is 278. The first-order valence-electron chi connectivity index (χ1n) is 5.49. The molecule has 0 unspecified atom stereocenters. The highest BCUT2D eigenvalue weighted by molar-refractivity contribution is 5.77. The van der Waals surface area contributed by atoms with Gasteiger partial charge >= 0.3 is 5.97 Å². The van der Waals surface area contributed by atoms with E-state index in [-0.39, 0.29) is 12.1 Å². The van der Waals surface area contributed by atoms with Crippen molar-refractivity contribution in [2.45, 2.75) is 45.5 Å². The molecule has 2 aliphatic rings. The summed E-state index contributed by atoms with van der Waals surface area (Å²) in [6.45, 7) is 6.40. The summed E-state index contributed by atoms with van der Waals surface area (Å²) in [5.74, 6) is -0.685. The molecule has 2 saturated heterocycles. The summed E-state index contributed by atoms with van der Waals surface area (Å²) in [5.41, 5.74) is -0.633. The molecular weight excluding hydrogens is 196 g/mol. The molecule has 2 rings (SSSR count). The standard InChI is InChI=1S/C11H18O4/c1-4-13-9(12)10(2)7-14-11(3)6-5-8(10)15-11/h8H,4-7H2,1-3H3/t8-,10-,11+/m0/s1. The Morgan fingerprint density at radius 3 is 2.93 bits per heavy atom. The summed E-state index contributed by atoms with van der Waals surface area (Å²) in [7, 11) is 0. The van der Waals surface area contributed by atoms with Gasteiger partial charge in [0.15, 0.2) is 5.79 Å². The highest BCUT2D eigenvalue weighted by atomic mass is 16.7. The molecular formula is C11H18O4. The van der Waals surface area contributed by atoms with Crippen molar-refractivity contribution in [3.63, 3.8) is 0 Å². The molecule has 0 spiro atoms. The molecule has 3 atom stereocenters. The van der Waals surface area contributed by atoms with Crippen molar-refractivity contribution in [3.05, 3.63) is 0 Å². The molecule has 2 bridgehead atoms. The van der Waals surface area contributed by atoms with Gasteiger partial charge in [0.05, 0.1) is 19.3 Å². The van der Waals surface area contributed by atoms with Crippen LogP contribution >= 0.6 is 0 Å². The lowest BCUT2D eigenvalue weighted by Crippen LogP contribution is -2.51. The monoisotopic (exact) mass is 214 g/mol. The third kappa shape index (κ3) is 1.66. The van der Waals surface area contributed by atoms with Crippen LogP contribution in [-0.2, 0) is 19.0 Å². The van der Waals surface area contributed by atoms with E-state index < -0.39 is 11.2 Å². The van der Waals surface area contributed by atoms with E-state index in [1.807, 2.05) is 20.8 Å². The number of esters is 1. The summed E-state index contributed by atoms with van der Waals surface area (Å²) in [4.78, 5) is 11.8. The SMILES string of the molecule is CCOC(=O)[C@@]1(C)CO[C@@]2(C)CC[C@@H]1O2. The highest BCUT2D eigenvalue weighted by Crippen LogP contribution is 2.46. The number of fused-ring (bicyclic) bond motifs is 2. The molecule has 4 nitrogen and oxygen atoms in total. The quantitative estimate of drug-likeness (QED) is 0.653. The molecule has 0 aliphatic carbocycles. The van der Waals surface area contributed by atoms with Crippen LogP contribution in [0.15, 0.2) is 0 Å². The fourth-order valence-corrected chi connectivity index (χ4v) is 2.25. The summed E-state index contributed by atoms with van der Waals surface area (Å²) in [5, 5.41) is 0. The maximum atomic E-state index is 11.8. The van der Waals surface area contributed by atoms with E-state index in [0.717, 1.165) is 12.8 Å². The minimum absolute atomic E-state index is 0.0599. The molecule has 0 amide bonds. The van der Waals surface area contributed by atoms with Crippen LogP contribution in [-0.4, -0.2) is 31.1 Å². The van der Waals surface area contributed by atoms with E-state index in [4.69, 9.17) is 14.2 Å². The van der Waals surface area contributed by atoms with E-state index in [1.54, 1.807) is 0 Å². The minimum Gasteiger partial charge on any atom is -0.465 e. The maximum Gasteiger partial charge on any atom is 0.316 e. The molecule has 2 aliphatic heterocycles.